The molecule has 0 aromatic heterocycles. The SMILES string of the molecule is CCCC(C)C(C)(N)N=C=N.Cl. The lowest BCUT2D eigenvalue weighted by molar-refractivity contribution is 0.311. The molecule has 72 valence electrons. The normalized spacial score (nSPS) is 16.7. The minimum absolute atomic E-state index is 0. The van der Waals surface area contributed by atoms with E-state index in [0.717, 1.165) is 12.8 Å². The molecule has 0 aromatic rings. The molecule has 2 atom stereocenters. The summed E-state index contributed by atoms with van der Waals surface area (Å²) in [7, 11) is 0. The predicted molar refractivity (Wildman–Crippen MR) is 54.1 cm³/mol. The van der Waals surface area contributed by atoms with E-state index in [4.69, 9.17) is 11.1 Å². The first-order chi connectivity index (χ1) is 5.04. The Morgan fingerprint density at radius 2 is 2.17 bits per heavy atom. The molecule has 0 saturated carbocycles. The maximum absolute atomic E-state index is 6.69. The quantitative estimate of drug-likeness (QED) is 0.658. The molecule has 3 nitrogen and oxygen atoms in total. The third-order valence-corrected chi connectivity index (χ3v) is 2.02. The van der Waals surface area contributed by atoms with E-state index in [0.29, 0.717) is 5.92 Å². The maximum Gasteiger partial charge on any atom is 0.118 e. The minimum Gasteiger partial charge on any atom is -0.306 e. The number of hydrogen-bond donors (Lipinski definition) is 2. The molecule has 12 heavy (non-hydrogen) atoms. The molecule has 0 saturated heterocycles. The standard InChI is InChI=1S/C8H17N3.ClH/c1-4-5-7(2)8(3,10)11-6-9;/h7,9H,4-5,10H2,1-3H3;1H. The van der Waals surface area contributed by atoms with Crippen molar-refractivity contribution >= 4 is 18.4 Å². The Balaban J connectivity index is 0. The molecule has 0 fully saturated rings. The molecule has 0 heterocycles. The van der Waals surface area contributed by atoms with E-state index in [1.807, 2.05) is 19.9 Å². The summed E-state index contributed by atoms with van der Waals surface area (Å²) < 4.78 is 0. The molecular formula is C8H18ClN3. The molecule has 0 aliphatic rings. The van der Waals surface area contributed by atoms with Crippen molar-refractivity contribution in [3.63, 3.8) is 0 Å². The third kappa shape index (κ3) is 4.50. The zero-order valence-corrected chi connectivity index (χ0v) is 8.74. The van der Waals surface area contributed by atoms with Crippen molar-refractivity contribution in [1.82, 2.24) is 0 Å². The van der Waals surface area contributed by atoms with Crippen LogP contribution < -0.4 is 5.73 Å². The van der Waals surface area contributed by atoms with E-state index in [1.165, 1.54) is 0 Å². The van der Waals surface area contributed by atoms with Gasteiger partial charge in [0.15, 0.2) is 0 Å². The van der Waals surface area contributed by atoms with Crippen LogP contribution in [-0.2, 0) is 0 Å². The number of nitrogens with one attached hydrogen (secondary N) is 1. The summed E-state index contributed by atoms with van der Waals surface area (Å²) in [5, 5.41) is 6.69. The highest BCUT2D eigenvalue weighted by Crippen LogP contribution is 2.19. The van der Waals surface area contributed by atoms with Crippen LogP contribution in [0.3, 0.4) is 0 Å². The highest BCUT2D eigenvalue weighted by molar-refractivity contribution is 5.85. The molecule has 0 rings (SSSR count). The summed E-state index contributed by atoms with van der Waals surface area (Å²) >= 11 is 0. The van der Waals surface area contributed by atoms with Crippen LogP contribution in [0, 0.1) is 11.3 Å². The van der Waals surface area contributed by atoms with Gasteiger partial charge in [0.2, 0.25) is 0 Å². The van der Waals surface area contributed by atoms with Gasteiger partial charge >= 0.3 is 0 Å². The van der Waals surface area contributed by atoms with Crippen LogP contribution in [0.1, 0.15) is 33.6 Å². The molecule has 0 bridgehead atoms. The molecule has 0 radical (unpaired) electrons. The molecule has 0 aliphatic carbocycles. The summed E-state index contributed by atoms with van der Waals surface area (Å²) in [6, 6.07) is 2.00. The summed E-state index contributed by atoms with van der Waals surface area (Å²) in [6.45, 7) is 5.99. The van der Waals surface area contributed by atoms with E-state index >= 15 is 0 Å². The van der Waals surface area contributed by atoms with E-state index in [-0.39, 0.29) is 12.4 Å². The van der Waals surface area contributed by atoms with Crippen molar-refractivity contribution < 1.29 is 0 Å². The lowest BCUT2D eigenvalue weighted by Crippen LogP contribution is -2.40. The number of aliphatic imine (C=N–C) groups is 1. The van der Waals surface area contributed by atoms with Crippen LogP contribution in [0.25, 0.3) is 0 Å². The Kier molecular flexibility index (Phi) is 7.30. The Labute approximate surface area is 80.4 Å². The molecule has 0 aromatic carbocycles. The summed E-state index contributed by atoms with van der Waals surface area (Å²) in [5.41, 5.74) is 5.19. The van der Waals surface area contributed by atoms with Gasteiger partial charge in [0, 0.05) is 0 Å². The summed E-state index contributed by atoms with van der Waals surface area (Å²) in [4.78, 5) is 3.77. The molecule has 3 N–H and O–H groups in total. The van der Waals surface area contributed by atoms with Crippen molar-refractivity contribution in [1.29, 1.82) is 5.41 Å². The van der Waals surface area contributed by atoms with Crippen molar-refractivity contribution in [3.05, 3.63) is 0 Å². The van der Waals surface area contributed by atoms with Crippen LogP contribution in [0.15, 0.2) is 4.99 Å². The lowest BCUT2D eigenvalue weighted by Gasteiger charge is -2.25. The number of hydrogen-bond acceptors (Lipinski definition) is 3. The fraction of sp³-hybridized carbons (Fsp3) is 0.875. The van der Waals surface area contributed by atoms with Gasteiger partial charge in [-0.05, 0) is 19.3 Å². The third-order valence-electron chi connectivity index (χ3n) is 2.02. The van der Waals surface area contributed by atoms with E-state index in [9.17, 15) is 0 Å². The van der Waals surface area contributed by atoms with Crippen LogP contribution >= 0.6 is 12.4 Å². The van der Waals surface area contributed by atoms with Crippen molar-refractivity contribution in [2.24, 2.45) is 16.6 Å². The van der Waals surface area contributed by atoms with Gasteiger partial charge in [0.25, 0.3) is 0 Å². The first kappa shape index (κ1) is 14.2. The van der Waals surface area contributed by atoms with E-state index in [1.54, 1.807) is 0 Å². The molecule has 0 amide bonds. The number of rotatable bonds is 4. The van der Waals surface area contributed by atoms with Gasteiger partial charge in [-0.15, -0.1) is 12.4 Å². The average molecular weight is 192 g/mol. The van der Waals surface area contributed by atoms with Crippen molar-refractivity contribution in [3.8, 4) is 0 Å². The van der Waals surface area contributed by atoms with Gasteiger partial charge < -0.3 is 5.73 Å². The highest BCUT2D eigenvalue weighted by atomic mass is 35.5. The maximum atomic E-state index is 6.69. The minimum atomic E-state index is -0.613. The molecule has 2 unspecified atom stereocenters. The van der Waals surface area contributed by atoms with Gasteiger partial charge in [-0.1, -0.05) is 20.3 Å². The van der Waals surface area contributed by atoms with Gasteiger partial charge in [0.1, 0.15) is 5.66 Å². The van der Waals surface area contributed by atoms with E-state index in [2.05, 4.69) is 11.9 Å². The first-order valence-corrected chi connectivity index (χ1v) is 3.97. The fourth-order valence-electron chi connectivity index (χ4n) is 0.956. The molecule has 0 spiro atoms. The molecular weight excluding hydrogens is 174 g/mol. The second kappa shape index (κ2) is 6.18. The zero-order valence-electron chi connectivity index (χ0n) is 7.92. The monoisotopic (exact) mass is 191 g/mol. The van der Waals surface area contributed by atoms with Gasteiger partial charge in [-0.3, -0.25) is 0 Å². The Morgan fingerprint density at radius 1 is 1.67 bits per heavy atom. The Bertz CT molecular complexity index is 162. The second-order valence-corrected chi connectivity index (χ2v) is 3.14. The van der Waals surface area contributed by atoms with Crippen molar-refractivity contribution in [2.45, 2.75) is 39.3 Å². The average Bonchev–Trinajstić information content (AvgIpc) is 1.88. The van der Waals surface area contributed by atoms with Gasteiger partial charge in [-0.25, -0.2) is 10.4 Å². The van der Waals surface area contributed by atoms with Crippen LogP contribution in [-0.4, -0.2) is 11.7 Å². The van der Waals surface area contributed by atoms with Gasteiger partial charge in [0.05, 0.1) is 6.01 Å². The topological polar surface area (TPSA) is 62.2 Å². The first-order valence-electron chi connectivity index (χ1n) is 3.97. The number of nitrogens with zero attached hydrogens (tertiary/aromatic N) is 1. The Hall–Kier alpha value is -0.370. The fourth-order valence-corrected chi connectivity index (χ4v) is 0.956. The molecule has 4 heteroatoms. The predicted octanol–water partition coefficient (Wildman–Crippen LogP) is 2.27. The Morgan fingerprint density at radius 3 is 2.50 bits per heavy atom. The highest BCUT2D eigenvalue weighted by Gasteiger charge is 2.24. The van der Waals surface area contributed by atoms with Crippen LogP contribution in [0.2, 0.25) is 0 Å². The van der Waals surface area contributed by atoms with Crippen LogP contribution in [0.5, 0.6) is 0 Å². The molecule has 0 aliphatic heterocycles. The number of nitrogens with two attached hydrogens (primary N) is 1. The zero-order chi connectivity index (χ0) is 8.91. The largest absolute Gasteiger partial charge is 0.306 e. The summed E-state index contributed by atoms with van der Waals surface area (Å²) in [6.07, 6.45) is 2.14. The smallest absolute Gasteiger partial charge is 0.118 e. The van der Waals surface area contributed by atoms with Crippen molar-refractivity contribution in [2.75, 3.05) is 0 Å². The summed E-state index contributed by atoms with van der Waals surface area (Å²) in [5.74, 6) is 0.311. The second-order valence-electron chi connectivity index (χ2n) is 3.14. The van der Waals surface area contributed by atoms with Gasteiger partial charge in [-0.2, -0.15) is 0 Å². The number of halogens is 1. The lowest BCUT2D eigenvalue weighted by atomic mass is 9.93. The van der Waals surface area contributed by atoms with E-state index < -0.39 is 5.66 Å². The van der Waals surface area contributed by atoms with Crippen LogP contribution in [0.4, 0.5) is 0 Å².